The zero-order chi connectivity index (χ0) is 18.6. The van der Waals surface area contributed by atoms with Crippen molar-refractivity contribution in [2.24, 2.45) is 0 Å². The average molecular weight is 381 g/mol. The standard InChI is InChI=1S/C18H21ClN2O3S/c1-12(2)20-18(22)11-14-5-7-15(8-6-14)21-25(23,24)17-9-4-13(3)10-16(17)19/h4-10,12,21H,11H2,1-3H3,(H,20,22). The molecular formula is C18H21ClN2O3S. The van der Waals surface area contributed by atoms with Crippen molar-refractivity contribution >= 4 is 33.2 Å². The van der Waals surface area contributed by atoms with Crippen molar-refractivity contribution in [3.63, 3.8) is 0 Å². The molecule has 0 aliphatic heterocycles. The monoisotopic (exact) mass is 380 g/mol. The van der Waals surface area contributed by atoms with Gasteiger partial charge < -0.3 is 5.32 Å². The average Bonchev–Trinajstić information content (AvgIpc) is 2.47. The molecule has 2 rings (SSSR count). The van der Waals surface area contributed by atoms with E-state index in [9.17, 15) is 13.2 Å². The Morgan fingerprint density at radius 2 is 1.76 bits per heavy atom. The van der Waals surface area contributed by atoms with Crippen LogP contribution in [0.4, 0.5) is 5.69 Å². The van der Waals surface area contributed by atoms with Gasteiger partial charge >= 0.3 is 0 Å². The predicted octanol–water partition coefficient (Wildman–Crippen LogP) is 3.52. The van der Waals surface area contributed by atoms with Gasteiger partial charge in [0.15, 0.2) is 0 Å². The summed E-state index contributed by atoms with van der Waals surface area (Å²) in [6.07, 6.45) is 0.245. The zero-order valence-electron chi connectivity index (χ0n) is 14.3. The summed E-state index contributed by atoms with van der Waals surface area (Å²) in [4.78, 5) is 11.8. The molecule has 0 aliphatic rings. The number of hydrogen-bond acceptors (Lipinski definition) is 3. The van der Waals surface area contributed by atoms with Gasteiger partial charge in [-0.25, -0.2) is 8.42 Å². The molecule has 1 amide bonds. The van der Waals surface area contributed by atoms with E-state index in [0.29, 0.717) is 5.69 Å². The number of carbonyl (C=O) groups is 1. The highest BCUT2D eigenvalue weighted by molar-refractivity contribution is 7.92. The summed E-state index contributed by atoms with van der Waals surface area (Å²) in [5.41, 5.74) is 2.09. The van der Waals surface area contributed by atoms with E-state index in [1.54, 1.807) is 36.4 Å². The molecule has 0 radical (unpaired) electrons. The number of hydrogen-bond donors (Lipinski definition) is 2. The topological polar surface area (TPSA) is 75.3 Å². The van der Waals surface area contributed by atoms with Gasteiger partial charge in [0.2, 0.25) is 5.91 Å². The van der Waals surface area contributed by atoms with Crippen LogP contribution in [0.25, 0.3) is 0 Å². The molecule has 0 saturated heterocycles. The molecule has 5 nitrogen and oxygen atoms in total. The van der Waals surface area contributed by atoms with E-state index in [1.165, 1.54) is 6.07 Å². The first-order valence-corrected chi connectivity index (χ1v) is 9.71. The number of carbonyl (C=O) groups excluding carboxylic acids is 1. The first kappa shape index (κ1) is 19.3. The minimum absolute atomic E-state index is 0.0279. The van der Waals surface area contributed by atoms with Crippen LogP contribution in [-0.2, 0) is 21.2 Å². The summed E-state index contributed by atoms with van der Waals surface area (Å²) < 4.78 is 27.4. The summed E-state index contributed by atoms with van der Waals surface area (Å²) in [5.74, 6) is -0.0743. The van der Waals surface area contributed by atoms with Crippen LogP contribution in [0, 0.1) is 6.92 Å². The van der Waals surface area contributed by atoms with Crippen molar-refractivity contribution in [2.45, 2.75) is 38.1 Å². The van der Waals surface area contributed by atoms with Crippen LogP contribution < -0.4 is 10.0 Å². The first-order valence-electron chi connectivity index (χ1n) is 7.84. The Labute approximate surface area is 153 Å². The number of benzene rings is 2. The van der Waals surface area contributed by atoms with Crippen LogP contribution in [0.5, 0.6) is 0 Å². The summed E-state index contributed by atoms with van der Waals surface area (Å²) in [6.45, 7) is 5.63. The molecule has 134 valence electrons. The van der Waals surface area contributed by atoms with Crippen molar-refractivity contribution in [2.75, 3.05) is 4.72 Å². The quantitative estimate of drug-likeness (QED) is 0.805. The lowest BCUT2D eigenvalue weighted by molar-refractivity contribution is -0.120. The SMILES string of the molecule is Cc1ccc(S(=O)(=O)Nc2ccc(CC(=O)NC(C)C)cc2)c(Cl)c1. The Morgan fingerprint density at radius 1 is 1.12 bits per heavy atom. The number of aryl methyl sites for hydroxylation is 1. The summed E-state index contributed by atoms with van der Waals surface area (Å²) in [6, 6.07) is 11.5. The van der Waals surface area contributed by atoms with Gasteiger partial charge in [-0.3, -0.25) is 9.52 Å². The number of amides is 1. The Hall–Kier alpha value is -2.05. The fraction of sp³-hybridized carbons (Fsp3) is 0.278. The fourth-order valence-electron chi connectivity index (χ4n) is 2.28. The molecular weight excluding hydrogens is 360 g/mol. The first-order chi connectivity index (χ1) is 11.7. The maximum absolute atomic E-state index is 12.5. The van der Waals surface area contributed by atoms with E-state index in [1.807, 2.05) is 20.8 Å². The zero-order valence-corrected chi connectivity index (χ0v) is 15.9. The van der Waals surface area contributed by atoms with Crippen molar-refractivity contribution in [1.29, 1.82) is 0 Å². The molecule has 0 fully saturated rings. The number of nitrogens with one attached hydrogen (secondary N) is 2. The number of anilines is 1. The maximum atomic E-state index is 12.5. The van der Waals surface area contributed by atoms with Crippen LogP contribution in [0.3, 0.4) is 0 Å². The van der Waals surface area contributed by atoms with E-state index >= 15 is 0 Å². The van der Waals surface area contributed by atoms with Gasteiger partial charge in [0.25, 0.3) is 10.0 Å². The molecule has 0 unspecified atom stereocenters. The third-order valence-corrected chi connectivity index (χ3v) is 5.26. The maximum Gasteiger partial charge on any atom is 0.263 e. The van der Waals surface area contributed by atoms with E-state index in [0.717, 1.165) is 11.1 Å². The molecule has 0 spiro atoms. The van der Waals surface area contributed by atoms with Gasteiger partial charge in [-0.1, -0.05) is 29.8 Å². The molecule has 2 aromatic carbocycles. The van der Waals surface area contributed by atoms with Crippen LogP contribution in [0.2, 0.25) is 5.02 Å². The normalized spacial score (nSPS) is 11.4. The predicted molar refractivity (Wildman–Crippen MR) is 100 cm³/mol. The molecule has 0 atom stereocenters. The van der Waals surface area contributed by atoms with Crippen molar-refractivity contribution < 1.29 is 13.2 Å². The van der Waals surface area contributed by atoms with Crippen LogP contribution >= 0.6 is 11.6 Å². The highest BCUT2D eigenvalue weighted by atomic mass is 35.5. The van der Waals surface area contributed by atoms with Gasteiger partial charge in [0.1, 0.15) is 4.90 Å². The summed E-state index contributed by atoms with van der Waals surface area (Å²) >= 11 is 6.04. The molecule has 2 aromatic rings. The van der Waals surface area contributed by atoms with Gasteiger partial charge in [0, 0.05) is 11.7 Å². The second kappa shape index (κ2) is 7.89. The van der Waals surface area contributed by atoms with Crippen LogP contribution in [0.1, 0.15) is 25.0 Å². The highest BCUT2D eigenvalue weighted by Crippen LogP contribution is 2.25. The van der Waals surface area contributed by atoms with Gasteiger partial charge in [-0.2, -0.15) is 0 Å². The number of halogens is 1. The Kier molecular flexibility index (Phi) is 6.08. The number of rotatable bonds is 6. The van der Waals surface area contributed by atoms with Crippen LogP contribution in [0.15, 0.2) is 47.4 Å². The molecule has 0 bridgehead atoms. The van der Waals surface area contributed by atoms with Gasteiger partial charge in [-0.15, -0.1) is 0 Å². The second-order valence-electron chi connectivity index (χ2n) is 6.14. The summed E-state index contributed by atoms with van der Waals surface area (Å²) in [5, 5.41) is 2.99. The lowest BCUT2D eigenvalue weighted by Gasteiger charge is -2.11. The van der Waals surface area contributed by atoms with Gasteiger partial charge in [0.05, 0.1) is 11.4 Å². The molecule has 0 aliphatic carbocycles. The summed E-state index contributed by atoms with van der Waals surface area (Å²) in [7, 11) is -3.77. The Balaban J connectivity index is 2.11. The third kappa shape index (κ3) is 5.47. The lowest BCUT2D eigenvalue weighted by Crippen LogP contribution is -2.31. The van der Waals surface area contributed by atoms with Crippen LogP contribution in [-0.4, -0.2) is 20.4 Å². The van der Waals surface area contributed by atoms with Crippen molar-refractivity contribution in [3.05, 3.63) is 58.6 Å². The lowest BCUT2D eigenvalue weighted by atomic mass is 10.1. The molecule has 25 heavy (non-hydrogen) atoms. The van der Waals surface area contributed by atoms with E-state index in [4.69, 9.17) is 11.6 Å². The minimum atomic E-state index is -3.77. The smallest absolute Gasteiger partial charge is 0.263 e. The molecule has 0 aromatic heterocycles. The third-order valence-electron chi connectivity index (χ3n) is 3.40. The highest BCUT2D eigenvalue weighted by Gasteiger charge is 2.18. The van der Waals surface area contributed by atoms with Gasteiger partial charge in [-0.05, 0) is 56.2 Å². The fourth-order valence-corrected chi connectivity index (χ4v) is 3.94. The minimum Gasteiger partial charge on any atom is -0.354 e. The largest absolute Gasteiger partial charge is 0.354 e. The number of sulfonamides is 1. The second-order valence-corrected chi connectivity index (χ2v) is 8.19. The molecule has 0 heterocycles. The van der Waals surface area contributed by atoms with E-state index in [-0.39, 0.29) is 28.3 Å². The Morgan fingerprint density at radius 3 is 2.32 bits per heavy atom. The molecule has 0 saturated carbocycles. The van der Waals surface area contributed by atoms with Crippen molar-refractivity contribution in [1.82, 2.24) is 5.32 Å². The Bertz CT molecular complexity index is 862. The van der Waals surface area contributed by atoms with E-state index in [2.05, 4.69) is 10.0 Å². The van der Waals surface area contributed by atoms with Crippen molar-refractivity contribution in [3.8, 4) is 0 Å². The molecule has 7 heteroatoms. The molecule has 2 N–H and O–H groups in total. The van der Waals surface area contributed by atoms with E-state index < -0.39 is 10.0 Å².